The van der Waals surface area contributed by atoms with Crippen LogP contribution in [0.1, 0.15) is 154 Å². The maximum Gasteiger partial charge on any atom is 0.192 e. The number of alkyl halides is 1. The molecule has 4 aliphatic rings. The molecule has 0 spiro atoms. The number of ether oxygens (including phenoxy) is 4. The second-order valence-corrected chi connectivity index (χ2v) is 29.1. The van der Waals surface area contributed by atoms with E-state index >= 15 is 0 Å². The lowest BCUT2D eigenvalue weighted by atomic mass is 9.83. The summed E-state index contributed by atoms with van der Waals surface area (Å²) >= 11 is 3.91. The zero-order chi connectivity index (χ0) is 38.1. The Morgan fingerprint density at radius 2 is 1.27 bits per heavy atom. The van der Waals surface area contributed by atoms with Crippen molar-refractivity contribution in [2.45, 2.75) is 254 Å². The molecule has 4 fully saturated rings. The Hall–Kier alpha value is 0.414. The Balaban J connectivity index is 1.48. The standard InChI is InChI=1S/C42H79BrO6Si2/c1-15-50(16-2,17-3)48-37(42(14)29-26-34(46-42)39(10,11)49-51(18-4,19-5)20-6)23-21-31(7)32-22-24-35-40(12,44-32)30-27-36-41(13,47-35)28-25-33(43)38(8,9)45-36/h32-37H,7,15-30H2,1-6,8-14H3/t32-,33-,34-,35-,36+,37+,40+,41-,42-/m0/s1. The molecule has 4 saturated heterocycles. The summed E-state index contributed by atoms with van der Waals surface area (Å²) in [4.78, 5) is 0.318. The largest absolute Gasteiger partial charge is 0.411 e. The van der Waals surface area contributed by atoms with Gasteiger partial charge in [-0.05, 0) is 155 Å². The third-order valence-corrected chi connectivity index (χ3v) is 25.6. The number of hydrogen-bond acceptors (Lipinski definition) is 6. The molecular formula is C42H79BrO6Si2. The molecule has 4 rings (SSSR count). The summed E-state index contributed by atoms with van der Waals surface area (Å²) in [6.07, 6.45) is 9.82. The summed E-state index contributed by atoms with van der Waals surface area (Å²) in [5.41, 5.74) is -0.389. The van der Waals surface area contributed by atoms with Crippen LogP contribution in [-0.4, -0.2) is 80.0 Å². The van der Waals surface area contributed by atoms with Gasteiger partial charge in [0.25, 0.3) is 0 Å². The molecule has 0 aromatic carbocycles. The molecule has 0 radical (unpaired) electrons. The van der Waals surface area contributed by atoms with Gasteiger partial charge in [0.2, 0.25) is 0 Å². The van der Waals surface area contributed by atoms with Crippen molar-refractivity contribution in [3.8, 4) is 0 Å². The van der Waals surface area contributed by atoms with Crippen molar-refractivity contribution >= 4 is 32.6 Å². The summed E-state index contributed by atoms with van der Waals surface area (Å²) in [5.74, 6) is 0. The monoisotopic (exact) mass is 814 g/mol. The van der Waals surface area contributed by atoms with Crippen LogP contribution < -0.4 is 0 Å². The predicted octanol–water partition coefficient (Wildman–Crippen LogP) is 12.0. The summed E-state index contributed by atoms with van der Waals surface area (Å²) in [7, 11) is -3.70. The minimum atomic E-state index is -1.91. The third kappa shape index (κ3) is 9.52. The second kappa shape index (κ2) is 16.9. The van der Waals surface area contributed by atoms with Crippen molar-refractivity contribution in [1.82, 2.24) is 0 Å². The smallest absolute Gasteiger partial charge is 0.192 e. The van der Waals surface area contributed by atoms with E-state index in [0.29, 0.717) is 4.83 Å². The molecule has 51 heavy (non-hydrogen) atoms. The molecule has 6 nitrogen and oxygen atoms in total. The Morgan fingerprint density at radius 3 is 1.86 bits per heavy atom. The van der Waals surface area contributed by atoms with Crippen molar-refractivity contribution in [1.29, 1.82) is 0 Å². The summed E-state index contributed by atoms with van der Waals surface area (Å²) in [5, 5.41) is 0. The molecule has 0 saturated carbocycles. The van der Waals surface area contributed by atoms with E-state index in [9.17, 15) is 0 Å². The highest BCUT2D eigenvalue weighted by molar-refractivity contribution is 9.09. The van der Waals surface area contributed by atoms with Crippen molar-refractivity contribution < 1.29 is 27.8 Å². The highest BCUT2D eigenvalue weighted by atomic mass is 79.9. The summed E-state index contributed by atoms with van der Waals surface area (Å²) < 4.78 is 42.7. The van der Waals surface area contributed by atoms with E-state index in [-0.39, 0.29) is 58.5 Å². The second-order valence-electron chi connectivity index (χ2n) is 18.6. The molecule has 4 heterocycles. The van der Waals surface area contributed by atoms with Crippen LogP contribution in [0.5, 0.6) is 0 Å². The van der Waals surface area contributed by atoms with Gasteiger partial charge in [0.15, 0.2) is 16.6 Å². The van der Waals surface area contributed by atoms with Gasteiger partial charge in [0.05, 0.1) is 58.5 Å². The molecule has 9 heteroatoms. The van der Waals surface area contributed by atoms with Crippen LogP contribution in [0, 0.1) is 0 Å². The number of rotatable bonds is 16. The third-order valence-electron chi connectivity index (χ3n) is 14.6. The molecular weight excluding hydrogens is 737 g/mol. The minimum Gasteiger partial charge on any atom is -0.411 e. The van der Waals surface area contributed by atoms with E-state index in [0.717, 1.165) is 100 Å². The summed E-state index contributed by atoms with van der Waals surface area (Å²) in [6.45, 7) is 34.5. The predicted molar refractivity (Wildman–Crippen MR) is 221 cm³/mol. The molecule has 9 atom stereocenters. The average Bonchev–Trinajstić information content (AvgIpc) is 3.45. The SMILES string of the molecule is C=C(CC[C@@H](O[Si](CC)(CC)CC)[C@]1(C)CC[C@@H](C(C)(C)O[Si](CC)(CC)CC)O1)[C@@H]1CC[C@@H]2O[C@@]3(C)CC[C@H](Br)C(C)(C)O[C@@H]3CC[C@@]2(C)O1. The number of halogens is 1. The van der Waals surface area contributed by atoms with Gasteiger partial charge < -0.3 is 27.8 Å². The van der Waals surface area contributed by atoms with Crippen molar-refractivity contribution in [2.24, 2.45) is 0 Å². The number of fused-ring (bicyclic) bond motifs is 2. The molecule has 0 aromatic heterocycles. The molecule has 0 aromatic rings. The van der Waals surface area contributed by atoms with Crippen LogP contribution in [0.25, 0.3) is 0 Å². The highest BCUT2D eigenvalue weighted by Gasteiger charge is 2.55. The van der Waals surface area contributed by atoms with Crippen LogP contribution in [0.15, 0.2) is 12.2 Å². The van der Waals surface area contributed by atoms with E-state index in [1.807, 2.05) is 0 Å². The molecule has 0 amide bonds. The maximum atomic E-state index is 7.42. The molecule has 298 valence electrons. The summed E-state index contributed by atoms with van der Waals surface area (Å²) in [6, 6.07) is 6.84. The lowest BCUT2D eigenvalue weighted by Gasteiger charge is -2.47. The normalized spacial score (nSPS) is 36.9. The number of hydrogen-bond donors (Lipinski definition) is 0. The zero-order valence-corrected chi connectivity index (χ0v) is 38.9. The zero-order valence-electron chi connectivity index (χ0n) is 35.3. The molecule has 0 N–H and O–H groups in total. The van der Waals surface area contributed by atoms with E-state index < -0.39 is 16.6 Å². The average molecular weight is 816 g/mol. The fraction of sp³-hybridized carbons (Fsp3) is 0.952. The van der Waals surface area contributed by atoms with Crippen LogP contribution in [0.2, 0.25) is 36.3 Å². The van der Waals surface area contributed by atoms with Gasteiger partial charge in [-0.25, -0.2) is 0 Å². The molecule has 0 aliphatic carbocycles. The van der Waals surface area contributed by atoms with Crippen molar-refractivity contribution in [2.75, 3.05) is 0 Å². The fourth-order valence-electron chi connectivity index (χ4n) is 9.93. The van der Waals surface area contributed by atoms with Crippen molar-refractivity contribution in [3.05, 3.63) is 12.2 Å². The van der Waals surface area contributed by atoms with Crippen LogP contribution in [-0.2, 0) is 27.8 Å². The quantitative estimate of drug-likeness (QED) is 0.0879. The van der Waals surface area contributed by atoms with Crippen LogP contribution in [0.4, 0.5) is 0 Å². The first-order valence-electron chi connectivity index (χ1n) is 21.1. The minimum absolute atomic E-state index is 0.0194. The van der Waals surface area contributed by atoms with Crippen LogP contribution >= 0.6 is 15.9 Å². The molecule has 0 bridgehead atoms. The van der Waals surface area contributed by atoms with Gasteiger partial charge >= 0.3 is 0 Å². The van der Waals surface area contributed by atoms with Gasteiger partial charge in [-0.3, -0.25) is 0 Å². The maximum absolute atomic E-state index is 7.42. The van der Waals surface area contributed by atoms with Gasteiger partial charge in [-0.2, -0.15) is 0 Å². The van der Waals surface area contributed by atoms with E-state index in [1.54, 1.807) is 0 Å². The van der Waals surface area contributed by atoms with Gasteiger partial charge in [-0.1, -0.05) is 64.1 Å². The van der Waals surface area contributed by atoms with Gasteiger partial charge in [0.1, 0.15) is 0 Å². The van der Waals surface area contributed by atoms with Crippen LogP contribution in [0.3, 0.4) is 0 Å². The Kier molecular flexibility index (Phi) is 14.6. The van der Waals surface area contributed by atoms with E-state index in [4.69, 9.17) is 34.4 Å². The van der Waals surface area contributed by atoms with E-state index in [1.165, 1.54) is 5.57 Å². The highest BCUT2D eigenvalue weighted by Crippen LogP contribution is 2.49. The van der Waals surface area contributed by atoms with Crippen molar-refractivity contribution in [3.63, 3.8) is 0 Å². The Morgan fingerprint density at radius 1 is 0.725 bits per heavy atom. The topological polar surface area (TPSA) is 55.4 Å². The first-order chi connectivity index (χ1) is 23.7. The first-order valence-corrected chi connectivity index (χ1v) is 27.1. The van der Waals surface area contributed by atoms with Gasteiger partial charge in [-0.15, -0.1) is 0 Å². The fourth-order valence-corrected chi connectivity index (χ4v) is 16.4. The Bertz CT molecular complexity index is 1140. The molecule has 4 aliphatic heterocycles. The lowest BCUT2D eigenvalue weighted by molar-refractivity contribution is -0.232. The first kappa shape index (κ1) is 44.1. The van der Waals surface area contributed by atoms with E-state index in [2.05, 4.69) is 106 Å². The lowest BCUT2D eigenvalue weighted by Crippen LogP contribution is -2.53. The Labute approximate surface area is 325 Å². The molecule has 0 unspecified atom stereocenters. The van der Waals surface area contributed by atoms with Gasteiger partial charge in [0, 0.05) is 4.83 Å².